The zero-order chi connectivity index (χ0) is 13.4. The van der Waals surface area contributed by atoms with Crippen LogP contribution in [0, 0.1) is 0 Å². The summed E-state index contributed by atoms with van der Waals surface area (Å²) >= 11 is 6.11. The van der Waals surface area contributed by atoms with Crippen LogP contribution in [0.3, 0.4) is 0 Å². The van der Waals surface area contributed by atoms with Crippen LogP contribution in [0.5, 0.6) is 11.5 Å². The molecule has 0 fully saturated rings. The van der Waals surface area contributed by atoms with E-state index in [1.54, 1.807) is 12.1 Å². The van der Waals surface area contributed by atoms with Crippen LogP contribution in [0.25, 0.3) is 11.3 Å². The fraction of sp³-hybridized carbons (Fsp3) is 0.167. The fourth-order valence-corrected chi connectivity index (χ4v) is 2.06. The molecule has 7 heteroatoms. The number of fused-ring (bicyclic) bond motifs is 1. The van der Waals surface area contributed by atoms with Gasteiger partial charge in [-0.25, -0.2) is 4.79 Å². The van der Waals surface area contributed by atoms with Gasteiger partial charge in [0.2, 0.25) is 0 Å². The Balaban J connectivity index is 2.15. The number of nitrogens with zero attached hydrogens (tertiary/aromatic N) is 1. The highest BCUT2D eigenvalue weighted by Gasteiger charge is 2.24. The third-order valence-corrected chi connectivity index (χ3v) is 2.95. The first-order valence-corrected chi connectivity index (χ1v) is 5.83. The molecule has 0 atom stereocenters. The van der Waals surface area contributed by atoms with Crippen molar-refractivity contribution in [1.29, 1.82) is 0 Å². The molecule has 1 aromatic heterocycles. The van der Waals surface area contributed by atoms with E-state index >= 15 is 0 Å². The predicted octanol–water partition coefficient (Wildman–Crippen LogP) is 2.46. The maximum Gasteiger partial charge on any atom is 0.358 e. The molecular weight excluding hydrogens is 274 g/mol. The van der Waals surface area contributed by atoms with Gasteiger partial charge in [-0.15, -0.1) is 0 Å². The van der Waals surface area contributed by atoms with Crippen molar-refractivity contribution in [1.82, 2.24) is 5.16 Å². The Morgan fingerprint density at radius 3 is 2.84 bits per heavy atom. The SMILES string of the molecule is O=C(O)c1cc(-c2c(Cl)ccc3c2OCCO3)on1. The van der Waals surface area contributed by atoms with Gasteiger partial charge in [0.05, 0.1) is 10.6 Å². The summed E-state index contributed by atoms with van der Waals surface area (Å²) in [6, 6.07) is 4.62. The van der Waals surface area contributed by atoms with Crippen LogP contribution in [-0.4, -0.2) is 29.4 Å². The Bertz CT molecular complexity index is 652. The smallest absolute Gasteiger partial charge is 0.358 e. The van der Waals surface area contributed by atoms with Gasteiger partial charge in [-0.2, -0.15) is 0 Å². The standard InChI is InChI=1S/C12H8ClNO5/c13-6-1-2-8-11(18-4-3-17-8)10(6)9-5-7(12(15)16)14-19-9/h1-2,5H,3-4H2,(H,15,16). The Morgan fingerprint density at radius 2 is 2.11 bits per heavy atom. The number of aromatic nitrogens is 1. The molecule has 1 aromatic carbocycles. The Hall–Kier alpha value is -2.21. The molecule has 3 rings (SSSR count). The van der Waals surface area contributed by atoms with Gasteiger partial charge in [-0.3, -0.25) is 0 Å². The van der Waals surface area contributed by atoms with E-state index in [2.05, 4.69) is 5.16 Å². The van der Waals surface area contributed by atoms with Gasteiger partial charge in [-0.05, 0) is 12.1 Å². The van der Waals surface area contributed by atoms with Gasteiger partial charge < -0.3 is 19.1 Å². The minimum atomic E-state index is -1.17. The van der Waals surface area contributed by atoms with Crippen molar-refractivity contribution >= 4 is 17.6 Å². The van der Waals surface area contributed by atoms with E-state index in [0.29, 0.717) is 35.3 Å². The molecule has 0 amide bonds. The van der Waals surface area contributed by atoms with Crippen molar-refractivity contribution in [3.05, 3.63) is 28.9 Å². The monoisotopic (exact) mass is 281 g/mol. The Labute approximate surface area is 112 Å². The lowest BCUT2D eigenvalue weighted by Gasteiger charge is -2.20. The van der Waals surface area contributed by atoms with Crippen molar-refractivity contribution in [2.45, 2.75) is 0 Å². The first-order chi connectivity index (χ1) is 9.16. The normalized spacial score (nSPS) is 13.3. The number of benzene rings is 1. The molecule has 0 saturated carbocycles. The van der Waals surface area contributed by atoms with Gasteiger partial charge in [0.1, 0.15) is 13.2 Å². The average Bonchev–Trinajstić information content (AvgIpc) is 2.88. The van der Waals surface area contributed by atoms with Crippen LogP contribution in [0.1, 0.15) is 10.5 Å². The molecule has 0 aliphatic carbocycles. The number of halogens is 1. The van der Waals surface area contributed by atoms with Crippen molar-refractivity contribution in [2.75, 3.05) is 13.2 Å². The summed E-state index contributed by atoms with van der Waals surface area (Å²) in [5, 5.41) is 12.7. The number of carbonyl (C=O) groups is 1. The topological polar surface area (TPSA) is 81.8 Å². The van der Waals surface area contributed by atoms with Gasteiger partial charge >= 0.3 is 5.97 Å². The second-order valence-electron chi connectivity index (χ2n) is 3.83. The van der Waals surface area contributed by atoms with E-state index in [9.17, 15) is 4.79 Å². The summed E-state index contributed by atoms with van der Waals surface area (Å²) in [6.45, 7) is 0.838. The Kier molecular flexibility index (Phi) is 2.79. The van der Waals surface area contributed by atoms with E-state index in [4.69, 9.17) is 30.7 Å². The number of hydrogen-bond acceptors (Lipinski definition) is 5. The zero-order valence-corrected chi connectivity index (χ0v) is 10.3. The van der Waals surface area contributed by atoms with Crippen LogP contribution < -0.4 is 9.47 Å². The number of carboxylic acids is 1. The first-order valence-electron chi connectivity index (χ1n) is 5.45. The molecule has 98 valence electrons. The summed E-state index contributed by atoms with van der Waals surface area (Å²) in [5.41, 5.74) is 0.249. The lowest BCUT2D eigenvalue weighted by Crippen LogP contribution is -2.15. The van der Waals surface area contributed by atoms with E-state index < -0.39 is 5.97 Å². The van der Waals surface area contributed by atoms with Crippen LogP contribution in [0.15, 0.2) is 22.7 Å². The quantitative estimate of drug-likeness (QED) is 0.910. The summed E-state index contributed by atoms with van der Waals surface area (Å²) in [6.07, 6.45) is 0. The van der Waals surface area contributed by atoms with Gasteiger partial charge in [0, 0.05) is 6.07 Å². The van der Waals surface area contributed by atoms with Gasteiger partial charge in [-0.1, -0.05) is 16.8 Å². The zero-order valence-electron chi connectivity index (χ0n) is 9.55. The molecule has 0 spiro atoms. The lowest BCUT2D eigenvalue weighted by atomic mass is 10.1. The van der Waals surface area contributed by atoms with Crippen molar-refractivity contribution in [3.63, 3.8) is 0 Å². The molecule has 1 aliphatic heterocycles. The summed E-state index contributed by atoms with van der Waals surface area (Å²) in [5.74, 6) is 0.0311. The molecule has 1 aliphatic rings. The van der Waals surface area contributed by atoms with Gasteiger partial charge in [0.25, 0.3) is 0 Å². The van der Waals surface area contributed by atoms with Crippen molar-refractivity contribution < 1.29 is 23.9 Å². The lowest BCUT2D eigenvalue weighted by molar-refractivity contribution is 0.0686. The first kappa shape index (κ1) is 11.9. The van der Waals surface area contributed by atoms with Gasteiger partial charge in [0.15, 0.2) is 23.0 Å². The number of ether oxygens (including phenoxy) is 2. The van der Waals surface area contributed by atoms with Crippen LogP contribution in [0.2, 0.25) is 5.02 Å². The molecule has 19 heavy (non-hydrogen) atoms. The summed E-state index contributed by atoms with van der Waals surface area (Å²) in [4.78, 5) is 10.8. The molecule has 1 N–H and O–H groups in total. The number of rotatable bonds is 2. The second kappa shape index (κ2) is 4.47. The molecule has 6 nitrogen and oxygen atoms in total. The second-order valence-corrected chi connectivity index (χ2v) is 4.24. The van der Waals surface area contributed by atoms with Crippen LogP contribution in [0.4, 0.5) is 0 Å². The van der Waals surface area contributed by atoms with E-state index in [0.717, 1.165) is 0 Å². The van der Waals surface area contributed by atoms with Crippen molar-refractivity contribution in [2.24, 2.45) is 0 Å². The maximum absolute atomic E-state index is 10.8. The third kappa shape index (κ3) is 2.00. The largest absolute Gasteiger partial charge is 0.486 e. The highest BCUT2D eigenvalue weighted by molar-refractivity contribution is 6.33. The average molecular weight is 282 g/mol. The van der Waals surface area contributed by atoms with E-state index in [-0.39, 0.29) is 11.5 Å². The van der Waals surface area contributed by atoms with E-state index in [1.165, 1.54) is 6.07 Å². The van der Waals surface area contributed by atoms with E-state index in [1.807, 2.05) is 0 Å². The highest BCUT2D eigenvalue weighted by Crippen LogP contribution is 2.44. The fourth-order valence-electron chi connectivity index (χ4n) is 1.82. The molecule has 0 radical (unpaired) electrons. The Morgan fingerprint density at radius 1 is 1.32 bits per heavy atom. The summed E-state index contributed by atoms with van der Waals surface area (Å²) < 4.78 is 16.0. The molecule has 2 heterocycles. The molecule has 0 bridgehead atoms. The third-order valence-electron chi connectivity index (χ3n) is 2.63. The predicted molar refractivity (Wildman–Crippen MR) is 64.9 cm³/mol. The summed E-state index contributed by atoms with van der Waals surface area (Å²) in [7, 11) is 0. The molecule has 2 aromatic rings. The molecular formula is C12H8ClNO5. The van der Waals surface area contributed by atoms with Crippen LogP contribution >= 0.6 is 11.6 Å². The van der Waals surface area contributed by atoms with Crippen molar-refractivity contribution in [3.8, 4) is 22.8 Å². The maximum atomic E-state index is 10.8. The highest BCUT2D eigenvalue weighted by atomic mass is 35.5. The number of hydrogen-bond donors (Lipinski definition) is 1. The number of aromatic carboxylic acids is 1. The number of carboxylic acid groups (broad SMARTS) is 1. The minimum absolute atomic E-state index is 0.194. The van der Waals surface area contributed by atoms with Crippen LogP contribution in [-0.2, 0) is 0 Å². The molecule has 0 unspecified atom stereocenters. The molecule has 0 saturated heterocycles. The minimum Gasteiger partial charge on any atom is -0.486 e.